The van der Waals surface area contributed by atoms with Gasteiger partial charge in [0.2, 0.25) is 11.1 Å². The number of nitro groups is 1. The fraction of sp³-hybridized carbons (Fsp3) is 0.600. The van der Waals surface area contributed by atoms with Gasteiger partial charge in [0.1, 0.15) is 6.20 Å². The van der Waals surface area contributed by atoms with Gasteiger partial charge in [-0.05, 0) is 30.4 Å². The highest BCUT2D eigenvalue weighted by atomic mass is 35.5. The Morgan fingerprint density at radius 1 is 1.71 bits per heavy atom. The molecule has 1 heterocycles. The Morgan fingerprint density at radius 3 is 3.12 bits per heavy atom. The minimum absolute atomic E-state index is 0.0193. The molecule has 17 heavy (non-hydrogen) atoms. The molecule has 2 atom stereocenters. The zero-order chi connectivity index (χ0) is 12.4. The molecule has 2 unspecified atom stereocenters. The summed E-state index contributed by atoms with van der Waals surface area (Å²) in [7, 11) is 0. The van der Waals surface area contributed by atoms with E-state index in [0.29, 0.717) is 5.92 Å². The van der Waals surface area contributed by atoms with Crippen molar-refractivity contribution in [1.29, 1.82) is 0 Å². The summed E-state index contributed by atoms with van der Waals surface area (Å²) in [5.74, 6) is 0.812. The van der Waals surface area contributed by atoms with Crippen molar-refractivity contribution in [3.05, 3.63) is 21.6 Å². The summed E-state index contributed by atoms with van der Waals surface area (Å²) in [5.41, 5.74) is -0.128. The molecule has 0 aromatic carbocycles. The number of rotatable bonds is 5. The topological polar surface area (TPSA) is 81.0 Å². The van der Waals surface area contributed by atoms with Crippen molar-refractivity contribution in [2.24, 2.45) is 5.92 Å². The van der Waals surface area contributed by atoms with E-state index in [-0.39, 0.29) is 22.8 Å². The van der Waals surface area contributed by atoms with E-state index in [0.717, 1.165) is 25.5 Å². The average Bonchev–Trinajstić information content (AvgIpc) is 2.96. The van der Waals surface area contributed by atoms with Gasteiger partial charge in [-0.15, -0.1) is 0 Å². The fourth-order valence-corrected chi connectivity index (χ4v) is 2.02. The van der Waals surface area contributed by atoms with Crippen molar-refractivity contribution in [1.82, 2.24) is 9.97 Å². The van der Waals surface area contributed by atoms with Crippen LogP contribution in [0, 0.1) is 16.0 Å². The molecule has 0 spiro atoms. The predicted octanol–water partition coefficient (Wildman–Crippen LogP) is 2.64. The summed E-state index contributed by atoms with van der Waals surface area (Å²) in [6.45, 7) is 2.12. The standard InChI is InChI=1S/C10H13ClN4O2/c1-2-3-6-4-7(6)13-9-8(15(16)17)5-12-10(11)14-9/h5-7H,2-4H2,1H3,(H,12,13,14). The van der Waals surface area contributed by atoms with E-state index in [1.54, 1.807) is 0 Å². The van der Waals surface area contributed by atoms with Gasteiger partial charge in [-0.1, -0.05) is 13.3 Å². The monoisotopic (exact) mass is 256 g/mol. The minimum atomic E-state index is -0.504. The van der Waals surface area contributed by atoms with E-state index < -0.39 is 4.92 Å². The number of aromatic nitrogens is 2. The van der Waals surface area contributed by atoms with Gasteiger partial charge in [0.15, 0.2) is 0 Å². The molecular weight excluding hydrogens is 244 g/mol. The van der Waals surface area contributed by atoms with Crippen LogP contribution in [0.25, 0.3) is 0 Å². The van der Waals surface area contributed by atoms with Crippen LogP contribution in [0.1, 0.15) is 26.2 Å². The summed E-state index contributed by atoms with van der Waals surface area (Å²) >= 11 is 5.64. The maximum absolute atomic E-state index is 10.8. The Labute approximate surface area is 104 Å². The molecule has 1 aliphatic carbocycles. The maximum atomic E-state index is 10.8. The first-order valence-electron chi connectivity index (χ1n) is 5.55. The van der Waals surface area contributed by atoms with Crippen molar-refractivity contribution in [3.8, 4) is 0 Å². The lowest BCUT2D eigenvalue weighted by Crippen LogP contribution is -2.09. The highest BCUT2D eigenvalue weighted by Gasteiger charge is 2.37. The quantitative estimate of drug-likeness (QED) is 0.498. The van der Waals surface area contributed by atoms with Crippen LogP contribution in [-0.2, 0) is 0 Å². The van der Waals surface area contributed by atoms with Gasteiger partial charge in [-0.25, -0.2) is 4.98 Å². The van der Waals surface area contributed by atoms with Gasteiger partial charge in [0.05, 0.1) is 4.92 Å². The van der Waals surface area contributed by atoms with Crippen LogP contribution in [-0.4, -0.2) is 20.9 Å². The summed E-state index contributed by atoms with van der Waals surface area (Å²) in [4.78, 5) is 17.8. The van der Waals surface area contributed by atoms with Crippen molar-refractivity contribution in [2.45, 2.75) is 32.2 Å². The molecule has 1 saturated carbocycles. The van der Waals surface area contributed by atoms with Crippen molar-refractivity contribution in [3.63, 3.8) is 0 Å². The van der Waals surface area contributed by atoms with Gasteiger partial charge in [-0.2, -0.15) is 4.98 Å². The van der Waals surface area contributed by atoms with E-state index in [2.05, 4.69) is 22.2 Å². The zero-order valence-electron chi connectivity index (χ0n) is 9.39. The molecule has 0 aliphatic heterocycles. The smallest absolute Gasteiger partial charge is 0.329 e. The highest BCUT2D eigenvalue weighted by Crippen LogP contribution is 2.38. The van der Waals surface area contributed by atoms with Crippen molar-refractivity contribution >= 4 is 23.1 Å². The van der Waals surface area contributed by atoms with Crippen LogP contribution in [0.15, 0.2) is 6.20 Å². The summed E-state index contributed by atoms with van der Waals surface area (Å²) < 4.78 is 0. The molecule has 0 bridgehead atoms. The van der Waals surface area contributed by atoms with E-state index in [9.17, 15) is 10.1 Å². The molecule has 6 nitrogen and oxygen atoms in total. The second kappa shape index (κ2) is 4.83. The van der Waals surface area contributed by atoms with E-state index >= 15 is 0 Å². The SMILES string of the molecule is CCCC1CC1Nc1nc(Cl)ncc1[N+](=O)[O-]. The second-order valence-corrected chi connectivity index (χ2v) is 4.50. The Morgan fingerprint density at radius 2 is 2.47 bits per heavy atom. The molecule has 2 rings (SSSR count). The molecule has 92 valence electrons. The van der Waals surface area contributed by atoms with E-state index in [1.165, 1.54) is 0 Å². The van der Waals surface area contributed by atoms with Crippen LogP contribution in [0.4, 0.5) is 11.5 Å². The third kappa shape index (κ3) is 2.82. The first-order chi connectivity index (χ1) is 8.11. The first-order valence-corrected chi connectivity index (χ1v) is 5.93. The van der Waals surface area contributed by atoms with Crippen LogP contribution < -0.4 is 5.32 Å². The van der Waals surface area contributed by atoms with Crippen LogP contribution in [0.5, 0.6) is 0 Å². The first kappa shape index (κ1) is 12.0. The second-order valence-electron chi connectivity index (χ2n) is 4.17. The Bertz CT molecular complexity index is 440. The molecule has 1 N–H and O–H groups in total. The molecule has 1 fully saturated rings. The summed E-state index contributed by atoms with van der Waals surface area (Å²) in [5, 5.41) is 13.9. The Hall–Kier alpha value is -1.43. The average molecular weight is 257 g/mol. The van der Waals surface area contributed by atoms with Crippen LogP contribution >= 0.6 is 11.6 Å². The van der Waals surface area contributed by atoms with E-state index in [4.69, 9.17) is 11.6 Å². The molecular formula is C10H13ClN4O2. The third-order valence-electron chi connectivity index (χ3n) is 2.84. The molecule has 7 heteroatoms. The van der Waals surface area contributed by atoms with Crippen LogP contribution in [0.3, 0.4) is 0 Å². The maximum Gasteiger partial charge on any atom is 0.329 e. The minimum Gasteiger partial charge on any atom is -0.361 e. The van der Waals surface area contributed by atoms with Crippen molar-refractivity contribution < 1.29 is 4.92 Å². The Balaban J connectivity index is 2.10. The lowest BCUT2D eigenvalue weighted by atomic mass is 10.2. The lowest BCUT2D eigenvalue weighted by molar-refractivity contribution is -0.384. The number of halogens is 1. The summed E-state index contributed by atoms with van der Waals surface area (Å²) in [6.07, 6.45) is 4.42. The normalized spacial score (nSPS) is 22.2. The van der Waals surface area contributed by atoms with Crippen molar-refractivity contribution in [2.75, 3.05) is 5.32 Å². The number of hydrogen-bond donors (Lipinski definition) is 1. The number of hydrogen-bond acceptors (Lipinski definition) is 5. The number of anilines is 1. The molecule has 1 aromatic rings. The number of nitrogens with one attached hydrogen (secondary N) is 1. The summed E-state index contributed by atoms with van der Waals surface area (Å²) in [6, 6.07) is 0.277. The Kier molecular flexibility index (Phi) is 3.42. The van der Waals surface area contributed by atoms with Gasteiger partial charge in [0.25, 0.3) is 0 Å². The number of nitrogens with zero attached hydrogens (tertiary/aromatic N) is 3. The largest absolute Gasteiger partial charge is 0.361 e. The molecule has 1 aromatic heterocycles. The zero-order valence-corrected chi connectivity index (χ0v) is 10.1. The lowest BCUT2D eigenvalue weighted by Gasteiger charge is -2.05. The molecule has 0 radical (unpaired) electrons. The van der Waals surface area contributed by atoms with Gasteiger partial charge in [0, 0.05) is 6.04 Å². The predicted molar refractivity (Wildman–Crippen MR) is 64.1 cm³/mol. The molecule has 0 saturated heterocycles. The van der Waals surface area contributed by atoms with E-state index in [1.807, 2.05) is 0 Å². The van der Waals surface area contributed by atoms with Gasteiger partial charge < -0.3 is 5.32 Å². The van der Waals surface area contributed by atoms with Gasteiger partial charge in [-0.3, -0.25) is 10.1 Å². The highest BCUT2D eigenvalue weighted by molar-refractivity contribution is 6.28. The fourth-order valence-electron chi connectivity index (χ4n) is 1.88. The molecule has 0 amide bonds. The van der Waals surface area contributed by atoms with Gasteiger partial charge >= 0.3 is 5.69 Å². The third-order valence-corrected chi connectivity index (χ3v) is 3.02. The van der Waals surface area contributed by atoms with Crippen LogP contribution in [0.2, 0.25) is 5.28 Å². The molecule has 1 aliphatic rings.